The molecule has 1 aromatic carbocycles. The van der Waals surface area contributed by atoms with E-state index in [-0.39, 0.29) is 6.07 Å². The molecule has 13 heteroatoms. The van der Waals surface area contributed by atoms with Gasteiger partial charge in [-0.15, -0.1) is 0 Å². The van der Waals surface area contributed by atoms with Gasteiger partial charge in [0.25, 0.3) is 15.5 Å². The second-order valence-corrected chi connectivity index (χ2v) is 7.08. The minimum atomic E-state index is -5.82. The molecule has 1 aromatic rings. The fourth-order valence-corrected chi connectivity index (χ4v) is 3.07. The van der Waals surface area contributed by atoms with Crippen molar-refractivity contribution in [1.82, 2.24) is 0 Å². The maximum absolute atomic E-state index is 12.4. The van der Waals surface area contributed by atoms with E-state index in [0.717, 1.165) is 0 Å². The quantitative estimate of drug-likeness (QED) is 0.613. The fourth-order valence-electron chi connectivity index (χ4n) is 1.32. The van der Waals surface area contributed by atoms with Gasteiger partial charge in [0.2, 0.25) is 0 Å². The highest BCUT2D eigenvalue weighted by Gasteiger charge is 2.47. The number of sulfone groups is 1. The number of hydrogen-bond acceptors (Lipinski definition) is 6. The van der Waals surface area contributed by atoms with Crippen LogP contribution in [0.5, 0.6) is 0 Å². The molecule has 0 saturated heterocycles. The molecule has 0 heterocycles. The van der Waals surface area contributed by atoms with Crippen molar-refractivity contribution in [2.75, 3.05) is 5.75 Å². The van der Waals surface area contributed by atoms with Gasteiger partial charge in [-0.2, -0.15) is 13.2 Å². The summed E-state index contributed by atoms with van der Waals surface area (Å²) in [5, 5.41) is 19.2. The second-order valence-electron chi connectivity index (χ2n) is 3.72. The first-order chi connectivity index (χ1) is 9.87. The van der Waals surface area contributed by atoms with Crippen molar-refractivity contribution in [3.8, 4) is 0 Å². The summed E-state index contributed by atoms with van der Waals surface area (Å²) in [6.45, 7) is 0. The Kier molecular flexibility index (Phi) is 4.92. The minimum Gasteiger partial charge on any atom is -0.481 e. The third-order valence-corrected chi connectivity index (χ3v) is 5.07. The summed E-state index contributed by atoms with van der Waals surface area (Å²) in [5.74, 6) is -2.58. The Morgan fingerprint density at radius 2 is 1.91 bits per heavy atom. The summed E-state index contributed by atoms with van der Waals surface area (Å²) in [6.07, 6.45) is 0. The molecule has 1 rings (SSSR count). The van der Waals surface area contributed by atoms with E-state index in [0.29, 0.717) is 12.1 Å². The lowest BCUT2D eigenvalue weighted by Crippen LogP contribution is -2.23. The number of nitro groups is 1. The van der Waals surface area contributed by atoms with Gasteiger partial charge < -0.3 is 5.11 Å². The van der Waals surface area contributed by atoms with Crippen LogP contribution in [0.15, 0.2) is 28.0 Å². The van der Waals surface area contributed by atoms with Gasteiger partial charge in [0.1, 0.15) is 10.6 Å². The summed E-state index contributed by atoms with van der Waals surface area (Å²) >= 11 is 0. The first kappa shape index (κ1) is 18.0. The molecule has 1 N–H and O–H groups in total. The second kappa shape index (κ2) is 6.00. The number of carboxylic acids is 1. The van der Waals surface area contributed by atoms with Crippen LogP contribution < -0.4 is 0 Å². The SMILES string of the molecule is O=C(O)CS(=O)c1ccc(S(=O)(=O)C(F)(F)F)cc1[N+](=O)[O-]. The van der Waals surface area contributed by atoms with Gasteiger partial charge in [0, 0.05) is 6.07 Å². The predicted molar refractivity (Wildman–Crippen MR) is 65.2 cm³/mol. The van der Waals surface area contributed by atoms with E-state index in [2.05, 4.69) is 0 Å². The van der Waals surface area contributed by atoms with Gasteiger partial charge >= 0.3 is 11.5 Å². The number of aliphatic carboxylic acids is 1. The van der Waals surface area contributed by atoms with E-state index in [9.17, 15) is 40.7 Å². The van der Waals surface area contributed by atoms with E-state index >= 15 is 0 Å². The van der Waals surface area contributed by atoms with Crippen LogP contribution in [0.4, 0.5) is 18.9 Å². The lowest BCUT2D eigenvalue weighted by molar-refractivity contribution is -0.388. The first-order valence-corrected chi connectivity index (χ1v) is 7.88. The molecule has 1 unspecified atom stereocenters. The molecule has 22 heavy (non-hydrogen) atoms. The van der Waals surface area contributed by atoms with Crippen LogP contribution in [-0.4, -0.2) is 39.9 Å². The third-order valence-electron chi connectivity index (χ3n) is 2.24. The number of hydrogen-bond donors (Lipinski definition) is 1. The lowest BCUT2D eigenvalue weighted by Gasteiger charge is -2.09. The maximum atomic E-state index is 12.4. The van der Waals surface area contributed by atoms with Crippen LogP contribution in [0.1, 0.15) is 0 Å². The molecule has 0 fully saturated rings. The number of alkyl halides is 3. The van der Waals surface area contributed by atoms with Crippen LogP contribution >= 0.6 is 0 Å². The van der Waals surface area contributed by atoms with Crippen molar-refractivity contribution in [3.05, 3.63) is 28.3 Å². The molecule has 1 atom stereocenters. The number of halogens is 3. The number of nitro benzene ring substituents is 1. The highest BCUT2D eigenvalue weighted by atomic mass is 32.2. The molecule has 0 radical (unpaired) electrons. The predicted octanol–water partition coefficient (Wildman–Crippen LogP) is 1.08. The van der Waals surface area contributed by atoms with Crippen molar-refractivity contribution in [3.63, 3.8) is 0 Å². The van der Waals surface area contributed by atoms with Crippen LogP contribution in [0, 0.1) is 10.1 Å². The number of benzene rings is 1. The molecule has 0 bridgehead atoms. The van der Waals surface area contributed by atoms with Gasteiger partial charge in [0.05, 0.1) is 20.6 Å². The smallest absolute Gasteiger partial charge is 0.481 e. The zero-order chi connectivity index (χ0) is 17.3. The highest BCUT2D eigenvalue weighted by Crippen LogP contribution is 2.33. The van der Waals surface area contributed by atoms with Crippen molar-refractivity contribution in [1.29, 1.82) is 0 Å². The van der Waals surface area contributed by atoms with Crippen LogP contribution in [0.3, 0.4) is 0 Å². The van der Waals surface area contributed by atoms with Crippen LogP contribution in [0.25, 0.3) is 0 Å². The molecule has 0 aliphatic carbocycles. The average Bonchev–Trinajstić information content (AvgIpc) is 2.35. The third kappa shape index (κ3) is 3.59. The largest absolute Gasteiger partial charge is 0.501 e. The lowest BCUT2D eigenvalue weighted by atomic mass is 10.3. The van der Waals surface area contributed by atoms with E-state index in [1.54, 1.807) is 0 Å². The highest BCUT2D eigenvalue weighted by molar-refractivity contribution is 7.92. The van der Waals surface area contributed by atoms with E-state index < -0.39 is 58.3 Å². The summed E-state index contributed by atoms with van der Waals surface area (Å²) in [6, 6.07) is 0.999. The Balaban J connectivity index is 3.49. The number of carbonyl (C=O) groups is 1. The molecular weight excluding hydrogens is 355 g/mol. The minimum absolute atomic E-state index is 0.0951. The van der Waals surface area contributed by atoms with Crippen LogP contribution in [0.2, 0.25) is 0 Å². The zero-order valence-electron chi connectivity index (χ0n) is 10.2. The standard InChI is InChI=1S/C9H6F3NO7S2/c10-9(11,12)22(19,20)5-1-2-7(6(3-5)13(16)17)21(18)4-8(14)15/h1-3H,4H2,(H,14,15). The Morgan fingerprint density at radius 3 is 2.32 bits per heavy atom. The Bertz CT molecular complexity index is 757. The number of rotatable bonds is 5. The first-order valence-electron chi connectivity index (χ1n) is 5.08. The Labute approximate surface area is 123 Å². The van der Waals surface area contributed by atoms with Gasteiger partial charge in [-0.05, 0) is 12.1 Å². The van der Waals surface area contributed by atoms with E-state index in [1.807, 2.05) is 0 Å². The monoisotopic (exact) mass is 361 g/mol. The Morgan fingerprint density at radius 1 is 1.36 bits per heavy atom. The molecule has 0 spiro atoms. The van der Waals surface area contributed by atoms with Gasteiger partial charge in [-0.3, -0.25) is 19.1 Å². The molecule has 0 aromatic heterocycles. The summed E-state index contributed by atoms with van der Waals surface area (Å²) < 4.78 is 71.1. The molecular formula is C9H6F3NO7S2. The summed E-state index contributed by atoms with van der Waals surface area (Å²) in [7, 11) is -8.24. The summed E-state index contributed by atoms with van der Waals surface area (Å²) in [5.41, 5.74) is -6.84. The Hall–Kier alpha value is -2.02. The molecule has 0 aliphatic heterocycles. The van der Waals surface area contributed by atoms with Crippen molar-refractivity contribution in [2.24, 2.45) is 0 Å². The van der Waals surface area contributed by atoms with Crippen molar-refractivity contribution in [2.45, 2.75) is 15.3 Å². The zero-order valence-corrected chi connectivity index (χ0v) is 11.9. The normalized spacial score (nSPS) is 13.6. The summed E-state index contributed by atoms with van der Waals surface area (Å²) in [4.78, 5) is 17.9. The van der Waals surface area contributed by atoms with Gasteiger partial charge in [-0.25, -0.2) is 8.42 Å². The maximum Gasteiger partial charge on any atom is 0.501 e. The average molecular weight is 361 g/mol. The number of carboxylic acid groups (broad SMARTS) is 1. The van der Waals surface area contributed by atoms with Gasteiger partial charge in [0.15, 0.2) is 0 Å². The molecule has 0 saturated carbocycles. The fraction of sp³-hybridized carbons (Fsp3) is 0.222. The van der Waals surface area contributed by atoms with Crippen LogP contribution in [-0.2, 0) is 25.4 Å². The van der Waals surface area contributed by atoms with Crippen molar-refractivity contribution < 1.29 is 40.6 Å². The van der Waals surface area contributed by atoms with E-state index in [1.165, 1.54) is 0 Å². The van der Waals surface area contributed by atoms with Crippen molar-refractivity contribution >= 4 is 32.3 Å². The molecule has 8 nitrogen and oxygen atoms in total. The topological polar surface area (TPSA) is 132 Å². The van der Waals surface area contributed by atoms with Gasteiger partial charge in [-0.1, -0.05) is 0 Å². The molecule has 0 aliphatic rings. The van der Waals surface area contributed by atoms with E-state index in [4.69, 9.17) is 5.11 Å². The number of nitrogens with zero attached hydrogens (tertiary/aromatic N) is 1. The molecule has 0 amide bonds. The molecule has 122 valence electrons.